The third kappa shape index (κ3) is 4.08. The Morgan fingerprint density at radius 3 is 2.56 bits per heavy atom. The SMILES string of the molecule is COc1ccc(Cl)cc1S(=O)(=O)c1cnc(N2CCN(C(=O)c3ccco3)CC2)nc1N. The number of hydrogen-bond acceptors (Lipinski definition) is 9. The fourth-order valence-electron chi connectivity index (χ4n) is 3.38. The summed E-state index contributed by atoms with van der Waals surface area (Å²) >= 11 is 5.98. The van der Waals surface area contributed by atoms with Crippen LogP contribution in [0.4, 0.5) is 11.8 Å². The summed E-state index contributed by atoms with van der Waals surface area (Å²) in [5.41, 5.74) is 6.01. The number of nitrogens with zero attached hydrogens (tertiary/aromatic N) is 4. The standard InChI is InChI=1S/C20H20ClN5O5S/c1-30-14-5-4-13(21)11-16(14)32(28,29)17-12-23-20(24-18(17)22)26-8-6-25(7-9-26)19(27)15-3-2-10-31-15/h2-5,10-12H,6-9H2,1H3,(H2,22,23,24). The number of methoxy groups -OCH3 is 1. The molecule has 1 aliphatic rings. The number of sulfone groups is 1. The van der Waals surface area contributed by atoms with E-state index in [4.69, 9.17) is 26.5 Å². The molecule has 0 aliphatic carbocycles. The first-order chi connectivity index (χ1) is 15.3. The first kappa shape index (κ1) is 21.9. The van der Waals surface area contributed by atoms with Crippen LogP contribution in [0.15, 0.2) is 57.0 Å². The zero-order valence-electron chi connectivity index (χ0n) is 17.1. The summed E-state index contributed by atoms with van der Waals surface area (Å²) in [6.07, 6.45) is 2.63. The van der Waals surface area contributed by atoms with Crippen molar-refractivity contribution in [1.29, 1.82) is 0 Å². The number of nitrogens with two attached hydrogens (primary N) is 1. The largest absolute Gasteiger partial charge is 0.495 e. The second kappa shape index (κ2) is 8.67. The molecule has 2 aromatic heterocycles. The summed E-state index contributed by atoms with van der Waals surface area (Å²) in [5.74, 6) is 0.322. The number of anilines is 2. The van der Waals surface area contributed by atoms with Crippen LogP contribution in [0, 0.1) is 0 Å². The van der Waals surface area contributed by atoms with Crippen molar-refractivity contribution in [3.8, 4) is 5.75 Å². The number of nitrogen functional groups attached to an aromatic ring is 1. The molecule has 32 heavy (non-hydrogen) atoms. The Kier molecular flexibility index (Phi) is 5.94. The molecule has 1 saturated heterocycles. The number of amides is 1. The highest BCUT2D eigenvalue weighted by atomic mass is 35.5. The van der Waals surface area contributed by atoms with Gasteiger partial charge in [0.2, 0.25) is 15.8 Å². The van der Waals surface area contributed by atoms with Crippen molar-refractivity contribution in [3.05, 3.63) is 53.6 Å². The fourth-order valence-corrected chi connectivity index (χ4v) is 5.06. The van der Waals surface area contributed by atoms with E-state index in [2.05, 4.69) is 9.97 Å². The van der Waals surface area contributed by atoms with Gasteiger partial charge in [-0.3, -0.25) is 4.79 Å². The van der Waals surface area contributed by atoms with Crippen LogP contribution in [0.5, 0.6) is 5.75 Å². The lowest BCUT2D eigenvalue weighted by molar-refractivity contribution is 0.0714. The molecule has 0 radical (unpaired) electrons. The van der Waals surface area contributed by atoms with E-state index in [0.717, 1.165) is 0 Å². The van der Waals surface area contributed by atoms with Gasteiger partial charge in [-0.05, 0) is 30.3 Å². The van der Waals surface area contributed by atoms with Gasteiger partial charge in [-0.25, -0.2) is 13.4 Å². The number of rotatable bonds is 5. The third-order valence-electron chi connectivity index (χ3n) is 5.06. The van der Waals surface area contributed by atoms with Gasteiger partial charge >= 0.3 is 0 Å². The van der Waals surface area contributed by atoms with Crippen LogP contribution in [-0.4, -0.2) is 62.5 Å². The van der Waals surface area contributed by atoms with Crippen molar-refractivity contribution in [1.82, 2.24) is 14.9 Å². The zero-order chi connectivity index (χ0) is 22.9. The monoisotopic (exact) mass is 477 g/mol. The minimum Gasteiger partial charge on any atom is -0.495 e. The van der Waals surface area contributed by atoms with Gasteiger partial charge < -0.3 is 24.7 Å². The number of ether oxygens (including phenoxy) is 1. The Morgan fingerprint density at radius 1 is 1.19 bits per heavy atom. The molecule has 0 saturated carbocycles. The van der Waals surface area contributed by atoms with E-state index in [1.165, 1.54) is 37.8 Å². The first-order valence-electron chi connectivity index (χ1n) is 9.60. The highest BCUT2D eigenvalue weighted by molar-refractivity contribution is 7.91. The molecule has 12 heteroatoms. The molecule has 3 aromatic rings. The number of halogens is 1. The molecule has 0 atom stereocenters. The van der Waals surface area contributed by atoms with E-state index in [1.807, 2.05) is 4.90 Å². The van der Waals surface area contributed by atoms with Crippen molar-refractivity contribution >= 4 is 39.1 Å². The van der Waals surface area contributed by atoms with Crippen LogP contribution in [0.3, 0.4) is 0 Å². The van der Waals surface area contributed by atoms with E-state index >= 15 is 0 Å². The number of piperazine rings is 1. The van der Waals surface area contributed by atoms with Gasteiger partial charge in [0.25, 0.3) is 5.91 Å². The maximum Gasteiger partial charge on any atom is 0.289 e. The second-order valence-electron chi connectivity index (χ2n) is 6.97. The van der Waals surface area contributed by atoms with Gasteiger partial charge in [0.1, 0.15) is 21.4 Å². The summed E-state index contributed by atoms with van der Waals surface area (Å²) < 4.78 is 36.6. The van der Waals surface area contributed by atoms with Gasteiger partial charge in [-0.1, -0.05) is 11.6 Å². The van der Waals surface area contributed by atoms with Gasteiger partial charge in [0.05, 0.1) is 19.6 Å². The molecular weight excluding hydrogens is 458 g/mol. The van der Waals surface area contributed by atoms with E-state index in [0.29, 0.717) is 26.2 Å². The van der Waals surface area contributed by atoms with Crippen molar-refractivity contribution in [3.63, 3.8) is 0 Å². The number of aromatic nitrogens is 2. The minimum atomic E-state index is -4.07. The predicted molar refractivity (Wildman–Crippen MR) is 117 cm³/mol. The normalized spacial score (nSPS) is 14.4. The van der Waals surface area contributed by atoms with Crippen LogP contribution in [0.1, 0.15) is 10.6 Å². The van der Waals surface area contributed by atoms with E-state index < -0.39 is 9.84 Å². The summed E-state index contributed by atoms with van der Waals surface area (Å²) in [6, 6.07) is 7.56. The summed E-state index contributed by atoms with van der Waals surface area (Å²) in [6.45, 7) is 1.78. The lowest BCUT2D eigenvalue weighted by Gasteiger charge is -2.34. The van der Waals surface area contributed by atoms with Crippen LogP contribution in [0.25, 0.3) is 0 Å². The Labute approximate surface area is 189 Å². The number of benzene rings is 1. The van der Waals surface area contributed by atoms with E-state index in [9.17, 15) is 13.2 Å². The van der Waals surface area contributed by atoms with Gasteiger partial charge in [0.15, 0.2) is 5.76 Å². The zero-order valence-corrected chi connectivity index (χ0v) is 18.6. The Hall–Kier alpha value is -3.31. The molecule has 168 valence electrons. The second-order valence-corrected chi connectivity index (χ2v) is 9.30. The average Bonchev–Trinajstić information content (AvgIpc) is 3.33. The number of carbonyl (C=O) groups excluding carboxylic acids is 1. The minimum absolute atomic E-state index is 0.124. The highest BCUT2D eigenvalue weighted by Crippen LogP contribution is 2.33. The molecule has 1 aromatic carbocycles. The first-order valence-corrected chi connectivity index (χ1v) is 11.5. The topological polar surface area (TPSA) is 132 Å². The maximum absolute atomic E-state index is 13.1. The van der Waals surface area contributed by atoms with E-state index in [-0.39, 0.29) is 44.0 Å². The van der Waals surface area contributed by atoms with Crippen LogP contribution < -0.4 is 15.4 Å². The predicted octanol–water partition coefficient (Wildman–Crippen LogP) is 2.11. The van der Waals surface area contributed by atoms with Gasteiger partial charge in [-0.15, -0.1) is 0 Å². The molecular formula is C20H20ClN5O5S. The molecule has 2 N–H and O–H groups in total. The fraction of sp³-hybridized carbons (Fsp3) is 0.250. The molecule has 4 rings (SSSR count). The molecule has 3 heterocycles. The third-order valence-corrected chi connectivity index (χ3v) is 7.08. The lowest BCUT2D eigenvalue weighted by atomic mass is 10.3. The Morgan fingerprint density at radius 2 is 1.94 bits per heavy atom. The molecule has 1 amide bonds. The summed E-state index contributed by atoms with van der Waals surface area (Å²) in [7, 11) is -2.71. The average molecular weight is 478 g/mol. The number of hydrogen-bond donors (Lipinski definition) is 1. The number of furan rings is 1. The maximum atomic E-state index is 13.1. The highest BCUT2D eigenvalue weighted by Gasteiger charge is 2.29. The molecule has 10 nitrogen and oxygen atoms in total. The molecule has 1 fully saturated rings. The van der Waals surface area contributed by atoms with E-state index in [1.54, 1.807) is 17.0 Å². The quantitative estimate of drug-likeness (QED) is 0.586. The van der Waals surface area contributed by atoms with Crippen LogP contribution in [-0.2, 0) is 9.84 Å². The van der Waals surface area contributed by atoms with Gasteiger partial charge in [-0.2, -0.15) is 4.98 Å². The van der Waals surface area contributed by atoms with Crippen LogP contribution in [0.2, 0.25) is 5.02 Å². The molecule has 1 aliphatic heterocycles. The molecule has 0 spiro atoms. The Balaban J connectivity index is 1.53. The number of carbonyl (C=O) groups is 1. The molecule has 0 unspecified atom stereocenters. The van der Waals surface area contributed by atoms with Crippen molar-refractivity contribution in [2.24, 2.45) is 0 Å². The lowest BCUT2D eigenvalue weighted by Crippen LogP contribution is -2.49. The Bertz CT molecular complexity index is 1240. The summed E-state index contributed by atoms with van der Waals surface area (Å²) in [5, 5.41) is 0.238. The smallest absolute Gasteiger partial charge is 0.289 e. The van der Waals surface area contributed by atoms with Crippen molar-refractivity contribution in [2.45, 2.75) is 9.79 Å². The van der Waals surface area contributed by atoms with Crippen molar-refractivity contribution < 1.29 is 22.4 Å². The summed E-state index contributed by atoms with van der Waals surface area (Å²) in [4.78, 5) is 24.0. The van der Waals surface area contributed by atoms with Crippen molar-refractivity contribution in [2.75, 3.05) is 43.9 Å². The molecule has 0 bridgehead atoms. The van der Waals surface area contributed by atoms with Gasteiger partial charge in [0, 0.05) is 31.2 Å². The van der Waals surface area contributed by atoms with Crippen LogP contribution >= 0.6 is 11.6 Å².